The number of nitrogens with one attached hydrogen (secondary N) is 2. The second-order valence-electron chi connectivity index (χ2n) is 7.64. The molecule has 34 heavy (non-hydrogen) atoms. The van der Waals surface area contributed by atoms with Gasteiger partial charge >= 0.3 is 0 Å². The van der Waals surface area contributed by atoms with Crippen molar-refractivity contribution >= 4 is 56.4 Å². The fourth-order valence-electron chi connectivity index (χ4n) is 3.17. The number of hydrogen-bond acceptors (Lipinski definition) is 4. The van der Waals surface area contributed by atoms with E-state index in [0.717, 1.165) is 9.87 Å². The van der Waals surface area contributed by atoms with Crippen LogP contribution in [-0.4, -0.2) is 31.1 Å². The van der Waals surface area contributed by atoms with E-state index < -0.39 is 22.5 Å². The van der Waals surface area contributed by atoms with Crippen LogP contribution in [0.4, 0.5) is 11.4 Å². The predicted octanol–water partition coefficient (Wildman–Crippen LogP) is 5.09. The first-order valence-corrected chi connectivity index (χ1v) is 12.4. The fraction of sp³-hybridized carbons (Fsp3) is 0.167. The van der Waals surface area contributed by atoms with E-state index in [0.29, 0.717) is 22.0 Å². The van der Waals surface area contributed by atoms with Gasteiger partial charge in [0.1, 0.15) is 0 Å². The van der Waals surface area contributed by atoms with Gasteiger partial charge in [-0.05, 0) is 55.0 Å². The molecule has 2 amide bonds. The first-order valence-electron chi connectivity index (χ1n) is 10.2. The molecule has 0 unspecified atom stereocenters. The van der Waals surface area contributed by atoms with Crippen molar-refractivity contribution in [1.82, 2.24) is 4.31 Å². The quantitative estimate of drug-likeness (QED) is 0.433. The van der Waals surface area contributed by atoms with E-state index >= 15 is 0 Å². The maximum Gasteiger partial charge on any atom is 0.243 e. The minimum Gasteiger partial charge on any atom is -0.326 e. The van der Waals surface area contributed by atoms with Crippen molar-refractivity contribution in [3.05, 3.63) is 87.9 Å². The third kappa shape index (κ3) is 6.80. The molecule has 0 aliphatic heterocycles. The minimum atomic E-state index is -4.01. The first-order chi connectivity index (χ1) is 16.0. The van der Waals surface area contributed by atoms with Gasteiger partial charge in [0.05, 0.1) is 21.5 Å². The normalized spacial score (nSPS) is 11.3. The highest BCUT2D eigenvalue weighted by molar-refractivity contribution is 7.89. The summed E-state index contributed by atoms with van der Waals surface area (Å²) >= 11 is 12.1. The average molecular weight is 520 g/mol. The van der Waals surface area contributed by atoms with Gasteiger partial charge in [-0.2, -0.15) is 4.31 Å². The van der Waals surface area contributed by atoms with E-state index in [1.54, 1.807) is 54.6 Å². The van der Waals surface area contributed by atoms with E-state index in [-0.39, 0.29) is 22.4 Å². The highest BCUT2D eigenvalue weighted by Crippen LogP contribution is 2.25. The predicted molar refractivity (Wildman–Crippen MR) is 135 cm³/mol. The van der Waals surface area contributed by atoms with E-state index in [9.17, 15) is 18.0 Å². The van der Waals surface area contributed by atoms with Crippen molar-refractivity contribution in [2.75, 3.05) is 17.2 Å². The number of sulfonamides is 1. The lowest BCUT2D eigenvalue weighted by molar-refractivity contribution is -0.116. The summed E-state index contributed by atoms with van der Waals surface area (Å²) in [6, 6.07) is 17.7. The topological polar surface area (TPSA) is 95.6 Å². The van der Waals surface area contributed by atoms with Crippen molar-refractivity contribution in [2.24, 2.45) is 0 Å². The van der Waals surface area contributed by atoms with Crippen molar-refractivity contribution in [3.63, 3.8) is 0 Å². The standard InChI is InChI=1S/C24H23Cl2N3O4S/c1-16-6-9-21(10-7-16)34(32,33)29(14-18-8-11-22(25)23(26)12-18)15-24(31)28-20-5-3-4-19(13-20)27-17(2)30/h3-13H,14-15H2,1-2H3,(H,27,30)(H,28,31). The molecular formula is C24H23Cl2N3O4S. The number of carbonyl (C=O) groups is 2. The van der Waals surface area contributed by atoms with Crippen LogP contribution in [0.1, 0.15) is 18.1 Å². The number of carbonyl (C=O) groups excluding carboxylic acids is 2. The summed E-state index contributed by atoms with van der Waals surface area (Å²) in [7, 11) is -4.01. The zero-order chi connectivity index (χ0) is 24.9. The zero-order valence-electron chi connectivity index (χ0n) is 18.5. The van der Waals surface area contributed by atoms with Crippen LogP contribution in [0.2, 0.25) is 10.0 Å². The zero-order valence-corrected chi connectivity index (χ0v) is 20.8. The fourth-order valence-corrected chi connectivity index (χ4v) is 4.87. The van der Waals surface area contributed by atoms with Gasteiger partial charge in [0.25, 0.3) is 0 Å². The van der Waals surface area contributed by atoms with Crippen LogP contribution in [0.25, 0.3) is 0 Å². The summed E-state index contributed by atoms with van der Waals surface area (Å²) in [6.45, 7) is 2.70. The molecule has 3 aromatic carbocycles. The average Bonchev–Trinajstić information content (AvgIpc) is 2.76. The molecule has 178 valence electrons. The van der Waals surface area contributed by atoms with Crippen molar-refractivity contribution in [3.8, 4) is 0 Å². The molecule has 0 aliphatic carbocycles. The van der Waals surface area contributed by atoms with Gasteiger partial charge in [-0.25, -0.2) is 8.42 Å². The van der Waals surface area contributed by atoms with Gasteiger partial charge in [-0.3, -0.25) is 9.59 Å². The number of rotatable bonds is 8. The molecule has 3 rings (SSSR count). The Labute approximate surface area is 208 Å². The molecule has 0 aliphatic rings. The summed E-state index contributed by atoms with van der Waals surface area (Å²) in [5, 5.41) is 5.94. The van der Waals surface area contributed by atoms with E-state index in [1.165, 1.54) is 19.1 Å². The molecular weight excluding hydrogens is 497 g/mol. The van der Waals surface area contributed by atoms with Crippen molar-refractivity contribution < 1.29 is 18.0 Å². The summed E-state index contributed by atoms with van der Waals surface area (Å²) in [4.78, 5) is 24.2. The van der Waals surface area contributed by atoms with Crippen LogP contribution in [0.5, 0.6) is 0 Å². The first kappa shape index (κ1) is 25.7. The number of halogens is 2. The van der Waals surface area contributed by atoms with Gasteiger partial charge in [0.15, 0.2) is 0 Å². The summed E-state index contributed by atoms with van der Waals surface area (Å²) in [5.74, 6) is -0.795. The summed E-state index contributed by atoms with van der Waals surface area (Å²) in [5.41, 5.74) is 2.40. The van der Waals surface area contributed by atoms with E-state index in [2.05, 4.69) is 10.6 Å². The molecule has 0 saturated carbocycles. The van der Waals surface area contributed by atoms with Crippen LogP contribution < -0.4 is 10.6 Å². The molecule has 7 nitrogen and oxygen atoms in total. The Morgan fingerprint density at radius 1 is 0.882 bits per heavy atom. The molecule has 3 aromatic rings. The molecule has 0 saturated heterocycles. The number of aryl methyl sites for hydroxylation is 1. The summed E-state index contributed by atoms with van der Waals surface area (Å²) < 4.78 is 27.9. The second kappa shape index (κ2) is 11.0. The smallest absolute Gasteiger partial charge is 0.243 e. The molecule has 0 fully saturated rings. The third-order valence-electron chi connectivity index (χ3n) is 4.79. The van der Waals surface area contributed by atoms with Crippen LogP contribution in [0, 0.1) is 6.92 Å². The molecule has 0 radical (unpaired) electrons. The Balaban J connectivity index is 1.87. The Morgan fingerprint density at radius 3 is 2.15 bits per heavy atom. The summed E-state index contributed by atoms with van der Waals surface area (Å²) in [6.07, 6.45) is 0. The van der Waals surface area contributed by atoms with Crippen molar-refractivity contribution in [2.45, 2.75) is 25.3 Å². The molecule has 0 atom stereocenters. The molecule has 10 heteroatoms. The van der Waals surface area contributed by atoms with Crippen LogP contribution in [0.3, 0.4) is 0 Å². The molecule has 2 N–H and O–H groups in total. The van der Waals surface area contributed by atoms with Crippen molar-refractivity contribution in [1.29, 1.82) is 0 Å². The Kier molecular flexibility index (Phi) is 8.33. The lowest BCUT2D eigenvalue weighted by Gasteiger charge is -2.22. The maximum atomic E-state index is 13.4. The number of anilines is 2. The molecule has 0 aromatic heterocycles. The van der Waals surface area contributed by atoms with Gasteiger partial charge in [-0.1, -0.05) is 53.0 Å². The van der Waals surface area contributed by atoms with Gasteiger partial charge in [0.2, 0.25) is 21.8 Å². The number of hydrogen-bond donors (Lipinski definition) is 2. The van der Waals surface area contributed by atoms with E-state index in [1.807, 2.05) is 6.92 Å². The Bertz CT molecular complexity index is 1310. The Morgan fingerprint density at radius 2 is 1.53 bits per heavy atom. The molecule has 0 heterocycles. The highest BCUT2D eigenvalue weighted by atomic mass is 35.5. The SMILES string of the molecule is CC(=O)Nc1cccc(NC(=O)CN(Cc2ccc(Cl)c(Cl)c2)S(=O)(=O)c2ccc(C)cc2)c1. The van der Waals surface area contributed by atoms with Gasteiger partial charge in [0, 0.05) is 24.8 Å². The van der Waals surface area contributed by atoms with E-state index in [4.69, 9.17) is 23.2 Å². The largest absolute Gasteiger partial charge is 0.326 e. The highest BCUT2D eigenvalue weighted by Gasteiger charge is 2.27. The van der Waals surface area contributed by atoms with Crippen LogP contribution in [-0.2, 0) is 26.2 Å². The van der Waals surface area contributed by atoms with Gasteiger partial charge in [-0.15, -0.1) is 0 Å². The number of nitrogens with zero attached hydrogens (tertiary/aromatic N) is 1. The third-order valence-corrected chi connectivity index (χ3v) is 7.33. The lowest BCUT2D eigenvalue weighted by atomic mass is 10.2. The van der Waals surface area contributed by atoms with Crippen LogP contribution >= 0.6 is 23.2 Å². The molecule has 0 bridgehead atoms. The number of benzene rings is 3. The monoisotopic (exact) mass is 519 g/mol. The van der Waals surface area contributed by atoms with Gasteiger partial charge < -0.3 is 10.6 Å². The minimum absolute atomic E-state index is 0.0682. The second-order valence-corrected chi connectivity index (χ2v) is 10.4. The lowest BCUT2D eigenvalue weighted by Crippen LogP contribution is -2.37. The number of amides is 2. The molecule has 0 spiro atoms. The Hall–Kier alpha value is -2.91. The van der Waals surface area contributed by atoms with Crippen LogP contribution in [0.15, 0.2) is 71.6 Å². The maximum absolute atomic E-state index is 13.4.